The molecule has 9 nitrogen and oxygen atoms in total. The molecule has 0 saturated carbocycles. The van der Waals surface area contributed by atoms with Gasteiger partial charge in [0.1, 0.15) is 0 Å². The molecule has 0 radical (unpaired) electrons. The minimum Gasteiger partial charge on any atom is -0.392 e. The third kappa shape index (κ3) is 11.4. The van der Waals surface area contributed by atoms with Crippen LogP contribution in [0.1, 0.15) is 77.9 Å². The Hall–Kier alpha value is -5.16. The summed E-state index contributed by atoms with van der Waals surface area (Å²) in [5.74, 6) is -0.532. The van der Waals surface area contributed by atoms with Crippen molar-refractivity contribution in [2.75, 3.05) is 6.54 Å². The number of carbonyl (C=O) groups is 2. The van der Waals surface area contributed by atoms with Crippen LogP contribution in [0.5, 0.6) is 0 Å². The summed E-state index contributed by atoms with van der Waals surface area (Å²) in [5.41, 5.74) is 9.91. The van der Waals surface area contributed by atoms with E-state index in [0.717, 1.165) is 46.5 Å². The van der Waals surface area contributed by atoms with Gasteiger partial charge in [0, 0.05) is 51.0 Å². The molecule has 3 atom stereocenters. The van der Waals surface area contributed by atoms with E-state index in [-0.39, 0.29) is 31.1 Å². The summed E-state index contributed by atoms with van der Waals surface area (Å²) in [6, 6.07) is 45.4. The maximum Gasteiger partial charge on any atom is 0.243 e. The van der Waals surface area contributed by atoms with Crippen LogP contribution < -0.4 is 10.8 Å². The lowest BCUT2D eigenvalue weighted by Crippen LogP contribution is -2.39. The number of hydrogen-bond acceptors (Lipinski definition) is 7. The van der Waals surface area contributed by atoms with Gasteiger partial charge in [0.05, 0.1) is 18.8 Å². The number of ether oxygens (including phenoxy) is 2. The van der Waals surface area contributed by atoms with Gasteiger partial charge in [0.2, 0.25) is 11.8 Å². The van der Waals surface area contributed by atoms with Gasteiger partial charge < -0.3 is 19.9 Å². The van der Waals surface area contributed by atoms with Crippen molar-refractivity contribution >= 4 is 11.8 Å². The Morgan fingerprint density at radius 3 is 1.91 bits per heavy atom. The molecule has 1 saturated heterocycles. The normalized spacial score (nSPS) is 16.9. The van der Waals surface area contributed by atoms with Crippen molar-refractivity contribution in [3.8, 4) is 11.1 Å². The lowest BCUT2D eigenvalue weighted by Gasteiger charge is -2.38. The second-order valence-corrected chi connectivity index (χ2v) is 13.8. The van der Waals surface area contributed by atoms with Crippen molar-refractivity contribution in [1.29, 1.82) is 0 Å². The van der Waals surface area contributed by atoms with Crippen molar-refractivity contribution < 1.29 is 29.4 Å². The lowest BCUT2D eigenvalue weighted by molar-refractivity contribution is -0.253. The van der Waals surface area contributed by atoms with Crippen LogP contribution in [0, 0.1) is 0 Å². The Balaban J connectivity index is 1.18. The molecule has 54 heavy (non-hydrogen) atoms. The molecule has 280 valence electrons. The molecule has 0 unspecified atom stereocenters. The van der Waals surface area contributed by atoms with Gasteiger partial charge in [-0.3, -0.25) is 19.7 Å². The average Bonchev–Trinajstić information content (AvgIpc) is 3.22. The number of amides is 2. The predicted octanol–water partition coefficient (Wildman–Crippen LogP) is 7.78. The largest absolute Gasteiger partial charge is 0.392 e. The molecule has 5 aromatic rings. The first-order valence-corrected chi connectivity index (χ1v) is 18.7. The van der Waals surface area contributed by atoms with Crippen molar-refractivity contribution in [3.05, 3.63) is 167 Å². The molecule has 1 aliphatic rings. The fourth-order valence-corrected chi connectivity index (χ4v) is 6.83. The highest BCUT2D eigenvalue weighted by atomic mass is 16.7. The number of carbonyl (C=O) groups excluding carboxylic acids is 2. The molecule has 6 rings (SSSR count). The lowest BCUT2D eigenvalue weighted by atomic mass is 9.98. The van der Waals surface area contributed by atoms with Crippen molar-refractivity contribution in [3.63, 3.8) is 0 Å². The SMILES string of the molecule is O=C(CCCCC(=O)NCc1cccc(-c2cccc([C@H]3O[C@@H](CN(Cc4ccccc4)Cc4ccccc4)C[C@@H](c4ccc(CO)cc4)O3)c2)c1)NO. The Kier molecular flexibility index (Phi) is 14.1. The molecule has 1 fully saturated rings. The number of nitrogens with one attached hydrogen (secondary N) is 2. The minimum atomic E-state index is -0.604. The number of aliphatic hydroxyl groups is 1. The van der Waals surface area contributed by atoms with Crippen LogP contribution in [-0.4, -0.2) is 39.7 Å². The Labute approximate surface area is 317 Å². The average molecular weight is 728 g/mol. The topological polar surface area (TPSA) is 120 Å². The maximum atomic E-state index is 12.4. The summed E-state index contributed by atoms with van der Waals surface area (Å²) in [5, 5.41) is 21.3. The summed E-state index contributed by atoms with van der Waals surface area (Å²) < 4.78 is 13.6. The van der Waals surface area contributed by atoms with Crippen molar-refractivity contribution in [2.24, 2.45) is 0 Å². The number of unbranched alkanes of at least 4 members (excludes halogenated alkanes) is 1. The molecule has 0 bridgehead atoms. The van der Waals surface area contributed by atoms with E-state index in [1.807, 2.05) is 60.7 Å². The molecular weight excluding hydrogens is 679 g/mol. The van der Waals surface area contributed by atoms with Gasteiger partial charge in [0.15, 0.2) is 6.29 Å². The molecular formula is C45H49N3O6. The maximum absolute atomic E-state index is 12.4. The zero-order valence-corrected chi connectivity index (χ0v) is 30.5. The van der Waals surface area contributed by atoms with Crippen LogP contribution >= 0.6 is 0 Å². The van der Waals surface area contributed by atoms with E-state index in [0.29, 0.717) is 38.8 Å². The minimum absolute atomic E-state index is 0.0121. The van der Waals surface area contributed by atoms with E-state index in [2.05, 4.69) is 83.0 Å². The fourth-order valence-electron chi connectivity index (χ4n) is 6.83. The van der Waals surface area contributed by atoms with E-state index in [4.69, 9.17) is 14.7 Å². The van der Waals surface area contributed by atoms with E-state index < -0.39 is 12.2 Å². The van der Waals surface area contributed by atoms with Crippen LogP contribution in [-0.2, 0) is 45.3 Å². The van der Waals surface area contributed by atoms with E-state index in [9.17, 15) is 14.7 Å². The molecule has 1 aliphatic heterocycles. The van der Waals surface area contributed by atoms with E-state index >= 15 is 0 Å². The van der Waals surface area contributed by atoms with Crippen LogP contribution in [0.3, 0.4) is 0 Å². The van der Waals surface area contributed by atoms with Gasteiger partial charge in [-0.25, -0.2) is 5.48 Å². The summed E-state index contributed by atoms with van der Waals surface area (Å²) >= 11 is 0. The number of nitrogens with zero attached hydrogens (tertiary/aromatic N) is 1. The van der Waals surface area contributed by atoms with Gasteiger partial charge in [0.25, 0.3) is 0 Å². The van der Waals surface area contributed by atoms with E-state index in [1.54, 1.807) is 5.48 Å². The molecule has 4 N–H and O–H groups in total. The van der Waals surface area contributed by atoms with Crippen molar-refractivity contribution in [2.45, 2.75) is 76.8 Å². The smallest absolute Gasteiger partial charge is 0.243 e. The second-order valence-electron chi connectivity index (χ2n) is 13.8. The van der Waals surface area contributed by atoms with Crippen LogP contribution in [0.25, 0.3) is 11.1 Å². The summed E-state index contributed by atoms with van der Waals surface area (Å²) in [6.07, 6.45) is 1.32. The highest BCUT2D eigenvalue weighted by molar-refractivity contribution is 5.76. The van der Waals surface area contributed by atoms with Crippen LogP contribution in [0.4, 0.5) is 0 Å². The summed E-state index contributed by atoms with van der Waals surface area (Å²) in [7, 11) is 0. The van der Waals surface area contributed by atoms with Crippen LogP contribution in [0.15, 0.2) is 133 Å². The Bertz CT molecular complexity index is 1880. The molecule has 5 aromatic carbocycles. The first-order chi connectivity index (χ1) is 26.4. The van der Waals surface area contributed by atoms with Crippen molar-refractivity contribution in [1.82, 2.24) is 15.7 Å². The Morgan fingerprint density at radius 1 is 0.648 bits per heavy atom. The zero-order chi connectivity index (χ0) is 37.5. The van der Waals surface area contributed by atoms with Crippen LogP contribution in [0.2, 0.25) is 0 Å². The zero-order valence-electron chi connectivity index (χ0n) is 30.5. The monoisotopic (exact) mass is 727 g/mol. The quantitative estimate of drug-likeness (QED) is 0.0439. The third-order valence-electron chi connectivity index (χ3n) is 9.67. The predicted molar refractivity (Wildman–Crippen MR) is 208 cm³/mol. The molecule has 1 heterocycles. The highest BCUT2D eigenvalue weighted by Crippen LogP contribution is 2.39. The molecule has 9 heteroatoms. The standard InChI is InChI=1S/C45H49N3O6/c49-32-35-21-23-37(24-22-35)42-27-41(31-48(29-33-11-3-1-4-12-33)30-34-13-5-2-6-14-34)53-45(54-42)40-18-10-17-39(26-40)38-16-9-15-36(25-38)28-46-43(50)19-7-8-20-44(51)47-52/h1-6,9-18,21-26,41-42,45,49,52H,7-8,19-20,27-32H2,(H,46,50)(H,47,51)/t41-,42+,45+/m1/s1. The number of benzene rings is 5. The molecule has 2 amide bonds. The molecule has 0 aliphatic carbocycles. The third-order valence-corrected chi connectivity index (χ3v) is 9.67. The van der Waals surface area contributed by atoms with Gasteiger partial charge in [-0.15, -0.1) is 0 Å². The van der Waals surface area contributed by atoms with E-state index in [1.165, 1.54) is 11.1 Å². The summed E-state index contributed by atoms with van der Waals surface area (Å²) in [4.78, 5) is 26.1. The van der Waals surface area contributed by atoms with Gasteiger partial charge in [-0.1, -0.05) is 121 Å². The second kappa shape index (κ2) is 19.8. The first-order valence-electron chi connectivity index (χ1n) is 18.7. The fraction of sp³-hybridized carbons (Fsp3) is 0.289. The molecule has 0 spiro atoms. The molecule has 0 aromatic heterocycles. The number of rotatable bonds is 17. The first kappa shape index (κ1) is 38.6. The number of aliphatic hydroxyl groups excluding tert-OH is 1. The summed E-state index contributed by atoms with van der Waals surface area (Å²) in [6.45, 7) is 2.65. The van der Waals surface area contributed by atoms with Gasteiger partial charge in [-0.05, 0) is 63.9 Å². The highest BCUT2D eigenvalue weighted by Gasteiger charge is 2.33. The van der Waals surface area contributed by atoms with Gasteiger partial charge in [-0.2, -0.15) is 0 Å². The van der Waals surface area contributed by atoms with Gasteiger partial charge >= 0.3 is 0 Å². The number of hydrogen-bond donors (Lipinski definition) is 4. The Morgan fingerprint density at radius 2 is 1.26 bits per heavy atom. The number of hydroxylamine groups is 1.